The summed E-state index contributed by atoms with van der Waals surface area (Å²) in [5.74, 6) is -1.05. The Morgan fingerprint density at radius 2 is 1.29 bits per heavy atom. The van der Waals surface area contributed by atoms with Gasteiger partial charge in [-0.3, -0.25) is 14.4 Å². The van der Waals surface area contributed by atoms with Gasteiger partial charge in [0, 0.05) is 32.2 Å². The van der Waals surface area contributed by atoms with Crippen LogP contribution in [0.1, 0.15) is 26.7 Å². The Kier molecular flexibility index (Phi) is 10.3. The normalized spacial score (nSPS) is 11.8. The van der Waals surface area contributed by atoms with Crippen LogP contribution in [-0.4, -0.2) is 17.7 Å². The highest BCUT2D eigenvalue weighted by molar-refractivity contribution is 8.00. The van der Waals surface area contributed by atoms with E-state index in [9.17, 15) is 14.4 Å². The Bertz CT molecular complexity index is 2080. The molecule has 0 fully saturated rings. The minimum absolute atomic E-state index is 0.0684. The summed E-state index contributed by atoms with van der Waals surface area (Å²) in [6.07, 6.45) is 1.59. The molecular formula is C40H30ClN3O3S. The lowest BCUT2D eigenvalue weighted by Crippen LogP contribution is -2.30. The Morgan fingerprint density at radius 3 is 2.02 bits per heavy atom. The molecule has 6 rings (SSSR count). The Balaban J connectivity index is 1.19. The highest BCUT2D eigenvalue weighted by Gasteiger charge is 2.23. The van der Waals surface area contributed by atoms with Crippen molar-refractivity contribution in [3.63, 3.8) is 0 Å². The Labute approximate surface area is 287 Å². The SMILES string of the molecule is O=C(Nc1ccc(SC(C(=O)Nc2cccc3ccccc23)c2ccccc2)cc1)/C(=C/c1ccc(Cl)cc1)NC(=O)c1ccccc1. The van der Waals surface area contributed by atoms with Crippen LogP contribution in [-0.2, 0) is 9.59 Å². The van der Waals surface area contributed by atoms with Gasteiger partial charge in [0.2, 0.25) is 5.91 Å². The van der Waals surface area contributed by atoms with Crippen LogP contribution in [0.3, 0.4) is 0 Å². The molecule has 3 amide bonds. The zero-order valence-corrected chi connectivity index (χ0v) is 27.2. The van der Waals surface area contributed by atoms with Gasteiger partial charge < -0.3 is 16.0 Å². The molecule has 48 heavy (non-hydrogen) atoms. The summed E-state index contributed by atoms with van der Waals surface area (Å²) in [5.41, 5.74) is 3.32. The number of nitrogens with one attached hydrogen (secondary N) is 3. The van der Waals surface area contributed by atoms with Crippen LogP contribution in [0.5, 0.6) is 0 Å². The summed E-state index contributed by atoms with van der Waals surface area (Å²) in [4.78, 5) is 41.1. The number of carbonyl (C=O) groups is 3. The summed E-state index contributed by atoms with van der Waals surface area (Å²) >= 11 is 7.46. The van der Waals surface area contributed by atoms with Crippen molar-refractivity contribution in [2.75, 3.05) is 10.6 Å². The van der Waals surface area contributed by atoms with E-state index in [1.807, 2.05) is 91.0 Å². The van der Waals surface area contributed by atoms with Gasteiger partial charge in [-0.15, -0.1) is 11.8 Å². The molecule has 0 aliphatic carbocycles. The molecular weight excluding hydrogens is 638 g/mol. The van der Waals surface area contributed by atoms with Crippen molar-refractivity contribution >= 4 is 69.3 Å². The van der Waals surface area contributed by atoms with Gasteiger partial charge in [-0.2, -0.15) is 0 Å². The van der Waals surface area contributed by atoms with E-state index in [-0.39, 0.29) is 11.6 Å². The Hall–Kier alpha value is -5.63. The van der Waals surface area contributed by atoms with Crippen molar-refractivity contribution in [2.45, 2.75) is 10.1 Å². The number of hydrogen-bond donors (Lipinski definition) is 3. The second-order valence-corrected chi connectivity index (χ2v) is 12.4. The second kappa shape index (κ2) is 15.3. The van der Waals surface area contributed by atoms with E-state index >= 15 is 0 Å². The summed E-state index contributed by atoms with van der Waals surface area (Å²) in [5, 5.41) is 10.8. The van der Waals surface area contributed by atoms with Crippen molar-refractivity contribution in [1.29, 1.82) is 0 Å². The molecule has 0 radical (unpaired) electrons. The molecule has 8 heteroatoms. The number of thioether (sulfide) groups is 1. The molecule has 0 saturated carbocycles. The smallest absolute Gasteiger partial charge is 0.272 e. The fourth-order valence-electron chi connectivity index (χ4n) is 5.05. The highest BCUT2D eigenvalue weighted by atomic mass is 35.5. The van der Waals surface area contributed by atoms with Gasteiger partial charge in [-0.1, -0.05) is 109 Å². The Morgan fingerprint density at radius 1 is 0.646 bits per heavy atom. The van der Waals surface area contributed by atoms with Crippen molar-refractivity contribution < 1.29 is 14.4 Å². The lowest BCUT2D eigenvalue weighted by Gasteiger charge is -2.18. The largest absolute Gasteiger partial charge is 0.324 e. The summed E-state index contributed by atoms with van der Waals surface area (Å²) in [6.45, 7) is 0. The highest BCUT2D eigenvalue weighted by Crippen LogP contribution is 2.37. The number of benzene rings is 6. The predicted molar refractivity (Wildman–Crippen MR) is 196 cm³/mol. The lowest BCUT2D eigenvalue weighted by molar-refractivity contribution is -0.116. The van der Waals surface area contributed by atoms with E-state index in [0.29, 0.717) is 21.8 Å². The number of rotatable bonds is 10. The van der Waals surface area contributed by atoms with Gasteiger partial charge in [0.15, 0.2) is 0 Å². The first-order valence-electron chi connectivity index (χ1n) is 15.2. The van der Waals surface area contributed by atoms with E-state index in [4.69, 9.17) is 11.6 Å². The van der Waals surface area contributed by atoms with E-state index in [1.54, 1.807) is 66.7 Å². The maximum atomic E-state index is 13.8. The number of carbonyl (C=O) groups excluding carboxylic acids is 3. The van der Waals surface area contributed by atoms with Crippen LogP contribution in [0.2, 0.25) is 5.02 Å². The first-order chi connectivity index (χ1) is 23.4. The molecule has 0 aromatic heterocycles. The standard InChI is InChI=1S/C40H30ClN3O3S/c41-31-20-18-27(19-21-31)26-36(44-38(45)30-13-5-2-6-14-30)39(46)42-32-22-24-33(25-23-32)48-37(29-11-3-1-4-12-29)40(47)43-35-17-9-15-28-10-7-8-16-34(28)35/h1-26,37H,(H,42,46)(H,43,47)(H,44,45)/b36-26-. The average molecular weight is 668 g/mol. The number of fused-ring (bicyclic) bond motifs is 1. The molecule has 236 valence electrons. The predicted octanol–water partition coefficient (Wildman–Crippen LogP) is 9.37. The molecule has 1 unspecified atom stereocenters. The van der Waals surface area contributed by atoms with Crippen LogP contribution in [0.4, 0.5) is 11.4 Å². The van der Waals surface area contributed by atoms with Gasteiger partial charge in [0.1, 0.15) is 10.9 Å². The molecule has 0 heterocycles. The molecule has 6 aromatic rings. The molecule has 6 nitrogen and oxygen atoms in total. The maximum absolute atomic E-state index is 13.8. The number of halogens is 1. The van der Waals surface area contributed by atoms with E-state index in [0.717, 1.165) is 26.9 Å². The fourth-order valence-corrected chi connectivity index (χ4v) is 6.20. The molecule has 0 aliphatic heterocycles. The van der Waals surface area contributed by atoms with Gasteiger partial charge in [-0.25, -0.2) is 0 Å². The zero-order chi connectivity index (χ0) is 33.3. The fraction of sp³-hybridized carbons (Fsp3) is 0.0250. The van der Waals surface area contributed by atoms with Gasteiger partial charge in [0.05, 0.1) is 0 Å². The third-order valence-electron chi connectivity index (χ3n) is 7.46. The molecule has 0 saturated heterocycles. The average Bonchev–Trinajstić information content (AvgIpc) is 3.12. The van der Waals surface area contributed by atoms with E-state index < -0.39 is 17.1 Å². The molecule has 0 aliphatic rings. The first-order valence-corrected chi connectivity index (χ1v) is 16.4. The number of anilines is 2. The van der Waals surface area contributed by atoms with Crippen LogP contribution >= 0.6 is 23.4 Å². The van der Waals surface area contributed by atoms with Crippen molar-refractivity contribution in [1.82, 2.24) is 5.32 Å². The number of amides is 3. The van der Waals surface area contributed by atoms with Crippen LogP contribution in [0.25, 0.3) is 16.8 Å². The van der Waals surface area contributed by atoms with Crippen molar-refractivity contribution in [3.8, 4) is 0 Å². The third kappa shape index (κ3) is 8.20. The number of hydrogen-bond acceptors (Lipinski definition) is 4. The molecule has 0 spiro atoms. The monoisotopic (exact) mass is 667 g/mol. The third-order valence-corrected chi connectivity index (χ3v) is 8.98. The molecule has 3 N–H and O–H groups in total. The molecule has 6 aromatic carbocycles. The molecule has 1 atom stereocenters. The topological polar surface area (TPSA) is 87.3 Å². The molecule has 0 bridgehead atoms. The van der Waals surface area contributed by atoms with Crippen molar-refractivity contribution in [3.05, 3.63) is 179 Å². The maximum Gasteiger partial charge on any atom is 0.272 e. The minimum atomic E-state index is -0.535. The summed E-state index contributed by atoms with van der Waals surface area (Å²) < 4.78 is 0. The zero-order valence-electron chi connectivity index (χ0n) is 25.6. The minimum Gasteiger partial charge on any atom is -0.324 e. The van der Waals surface area contributed by atoms with E-state index in [1.165, 1.54) is 11.8 Å². The second-order valence-electron chi connectivity index (χ2n) is 10.8. The van der Waals surface area contributed by atoms with Crippen molar-refractivity contribution in [2.24, 2.45) is 0 Å². The van der Waals surface area contributed by atoms with Gasteiger partial charge >= 0.3 is 0 Å². The summed E-state index contributed by atoms with van der Waals surface area (Å²) in [7, 11) is 0. The van der Waals surface area contributed by atoms with Gasteiger partial charge in [-0.05, 0) is 77.2 Å². The van der Waals surface area contributed by atoms with Crippen LogP contribution in [0.15, 0.2) is 162 Å². The van der Waals surface area contributed by atoms with Crippen LogP contribution in [0, 0.1) is 0 Å². The van der Waals surface area contributed by atoms with Crippen LogP contribution < -0.4 is 16.0 Å². The van der Waals surface area contributed by atoms with E-state index in [2.05, 4.69) is 16.0 Å². The first kappa shape index (κ1) is 32.3. The lowest BCUT2D eigenvalue weighted by atomic mass is 10.1. The quantitative estimate of drug-likeness (QED) is 0.100. The summed E-state index contributed by atoms with van der Waals surface area (Å²) in [6, 6.07) is 46.3. The van der Waals surface area contributed by atoms with Gasteiger partial charge in [0.25, 0.3) is 11.8 Å².